The van der Waals surface area contributed by atoms with E-state index in [9.17, 15) is 4.79 Å². The third-order valence-corrected chi connectivity index (χ3v) is 4.81. The van der Waals surface area contributed by atoms with Gasteiger partial charge < -0.3 is 20.3 Å². The van der Waals surface area contributed by atoms with E-state index in [0.29, 0.717) is 35.3 Å². The van der Waals surface area contributed by atoms with Gasteiger partial charge in [-0.1, -0.05) is 23.2 Å². The van der Waals surface area contributed by atoms with Gasteiger partial charge in [0.1, 0.15) is 0 Å². The van der Waals surface area contributed by atoms with Crippen molar-refractivity contribution in [3.8, 4) is 0 Å². The number of aliphatic imine (C=N–C) groups is 1. The maximum absolute atomic E-state index is 12.1. The third kappa shape index (κ3) is 8.85. The van der Waals surface area contributed by atoms with Gasteiger partial charge in [0.15, 0.2) is 5.96 Å². The van der Waals surface area contributed by atoms with Crippen molar-refractivity contribution in [3.05, 3.63) is 33.8 Å². The van der Waals surface area contributed by atoms with Gasteiger partial charge in [-0.05, 0) is 37.0 Å². The standard InChI is InChI=1S/C18H26Cl2N4O2.HI/c1-21-18(24(2)9-10-26-12-13-3-4-13)23-8-7-22-17(25)14-5-6-15(19)16(20)11-14;/h5-6,11,13H,3-4,7-10,12H2,1-2H3,(H,21,23)(H,22,25);1H. The van der Waals surface area contributed by atoms with Crippen LogP contribution in [-0.2, 0) is 4.74 Å². The van der Waals surface area contributed by atoms with Crippen LogP contribution in [0.3, 0.4) is 0 Å². The Labute approximate surface area is 188 Å². The second-order valence-corrected chi connectivity index (χ2v) is 7.11. The summed E-state index contributed by atoms with van der Waals surface area (Å²) in [5.74, 6) is 1.35. The minimum Gasteiger partial charge on any atom is -0.379 e. The normalized spacial score (nSPS) is 13.7. The number of nitrogens with zero attached hydrogens (tertiary/aromatic N) is 2. The number of rotatable bonds is 9. The number of hydrogen-bond donors (Lipinski definition) is 2. The van der Waals surface area contributed by atoms with Gasteiger partial charge in [-0.2, -0.15) is 0 Å². The smallest absolute Gasteiger partial charge is 0.251 e. The summed E-state index contributed by atoms with van der Waals surface area (Å²) < 4.78 is 5.65. The largest absolute Gasteiger partial charge is 0.379 e. The van der Waals surface area contributed by atoms with Gasteiger partial charge in [-0.15, -0.1) is 24.0 Å². The number of likely N-dealkylation sites (N-methyl/N-ethyl adjacent to an activating group) is 1. The Morgan fingerprint density at radius 3 is 2.59 bits per heavy atom. The van der Waals surface area contributed by atoms with Gasteiger partial charge in [0.2, 0.25) is 0 Å². The van der Waals surface area contributed by atoms with Gasteiger partial charge in [-0.3, -0.25) is 9.79 Å². The van der Waals surface area contributed by atoms with Crippen LogP contribution in [0.2, 0.25) is 10.0 Å². The maximum atomic E-state index is 12.1. The molecule has 9 heteroatoms. The molecule has 0 heterocycles. The molecule has 2 N–H and O–H groups in total. The van der Waals surface area contributed by atoms with Gasteiger partial charge in [-0.25, -0.2) is 0 Å². The van der Waals surface area contributed by atoms with Crippen molar-refractivity contribution in [2.75, 3.05) is 46.9 Å². The lowest BCUT2D eigenvalue weighted by Crippen LogP contribution is -2.43. The Balaban J connectivity index is 0.00000364. The van der Waals surface area contributed by atoms with E-state index in [2.05, 4.69) is 15.6 Å². The summed E-state index contributed by atoms with van der Waals surface area (Å²) in [5, 5.41) is 6.84. The Bertz CT molecular complexity index is 642. The van der Waals surface area contributed by atoms with Crippen molar-refractivity contribution < 1.29 is 9.53 Å². The molecule has 0 radical (unpaired) electrons. The molecule has 1 amide bonds. The molecule has 152 valence electrons. The number of hydrogen-bond acceptors (Lipinski definition) is 3. The van der Waals surface area contributed by atoms with Crippen LogP contribution in [0.4, 0.5) is 0 Å². The SMILES string of the molecule is CN=C(NCCNC(=O)c1ccc(Cl)c(Cl)c1)N(C)CCOCC1CC1.I. The van der Waals surface area contributed by atoms with Gasteiger partial charge in [0, 0.05) is 45.9 Å². The lowest BCUT2D eigenvalue weighted by atomic mass is 10.2. The van der Waals surface area contributed by atoms with Crippen molar-refractivity contribution in [1.82, 2.24) is 15.5 Å². The summed E-state index contributed by atoms with van der Waals surface area (Å²) in [7, 11) is 3.70. The quantitative estimate of drug-likeness (QED) is 0.223. The van der Waals surface area contributed by atoms with Crippen LogP contribution in [0.15, 0.2) is 23.2 Å². The van der Waals surface area contributed by atoms with Crippen LogP contribution in [0.1, 0.15) is 23.2 Å². The lowest BCUT2D eigenvalue weighted by Gasteiger charge is -2.22. The first-order valence-corrected chi connectivity index (χ1v) is 9.49. The second kappa shape index (κ2) is 12.6. The van der Waals surface area contributed by atoms with E-state index in [1.807, 2.05) is 11.9 Å². The summed E-state index contributed by atoms with van der Waals surface area (Å²) in [5.41, 5.74) is 0.480. The number of carbonyl (C=O) groups is 1. The number of nitrogens with one attached hydrogen (secondary N) is 2. The minimum atomic E-state index is -0.192. The van der Waals surface area contributed by atoms with Crippen LogP contribution in [0.5, 0.6) is 0 Å². The molecule has 1 aromatic rings. The number of guanidine groups is 1. The van der Waals surface area contributed by atoms with Crippen molar-refractivity contribution in [2.24, 2.45) is 10.9 Å². The van der Waals surface area contributed by atoms with E-state index in [0.717, 1.165) is 25.0 Å². The van der Waals surface area contributed by atoms with Crippen LogP contribution < -0.4 is 10.6 Å². The average Bonchev–Trinajstić information content (AvgIpc) is 3.45. The van der Waals surface area contributed by atoms with E-state index in [1.54, 1.807) is 25.2 Å². The fraction of sp³-hybridized carbons (Fsp3) is 0.556. The molecule has 1 aromatic carbocycles. The topological polar surface area (TPSA) is 66.0 Å². The van der Waals surface area contributed by atoms with Gasteiger partial charge >= 0.3 is 0 Å². The highest BCUT2D eigenvalue weighted by molar-refractivity contribution is 14.0. The fourth-order valence-electron chi connectivity index (χ4n) is 2.32. The molecule has 0 aliphatic heterocycles. The first-order valence-electron chi connectivity index (χ1n) is 8.74. The van der Waals surface area contributed by atoms with Gasteiger partial charge in [0.25, 0.3) is 5.91 Å². The van der Waals surface area contributed by atoms with E-state index in [1.165, 1.54) is 12.8 Å². The molecule has 2 rings (SSSR count). The lowest BCUT2D eigenvalue weighted by molar-refractivity contribution is 0.0954. The molecule has 0 bridgehead atoms. The summed E-state index contributed by atoms with van der Waals surface area (Å²) in [4.78, 5) is 18.3. The molecule has 1 aliphatic rings. The highest BCUT2D eigenvalue weighted by Gasteiger charge is 2.21. The number of carbonyl (C=O) groups excluding carboxylic acids is 1. The average molecular weight is 529 g/mol. The predicted octanol–water partition coefficient (Wildman–Crippen LogP) is 3.28. The third-order valence-electron chi connectivity index (χ3n) is 4.07. The monoisotopic (exact) mass is 528 g/mol. The predicted molar refractivity (Wildman–Crippen MR) is 122 cm³/mol. The van der Waals surface area contributed by atoms with Gasteiger partial charge in [0.05, 0.1) is 16.7 Å². The van der Waals surface area contributed by atoms with Crippen LogP contribution in [-0.4, -0.2) is 63.7 Å². The molecule has 1 fully saturated rings. The van der Waals surface area contributed by atoms with E-state index in [4.69, 9.17) is 27.9 Å². The molecule has 0 atom stereocenters. The van der Waals surface area contributed by atoms with E-state index in [-0.39, 0.29) is 29.9 Å². The fourth-order valence-corrected chi connectivity index (χ4v) is 2.61. The van der Waals surface area contributed by atoms with Crippen LogP contribution >= 0.6 is 47.2 Å². The zero-order valence-electron chi connectivity index (χ0n) is 15.6. The van der Waals surface area contributed by atoms with Crippen molar-refractivity contribution in [1.29, 1.82) is 0 Å². The number of ether oxygens (including phenoxy) is 1. The van der Waals surface area contributed by atoms with E-state index >= 15 is 0 Å². The molecule has 1 aliphatic carbocycles. The Morgan fingerprint density at radius 2 is 1.96 bits per heavy atom. The molecule has 1 saturated carbocycles. The summed E-state index contributed by atoms with van der Waals surface area (Å²) in [6.07, 6.45) is 2.60. The molecular formula is C18H27Cl2IN4O2. The molecular weight excluding hydrogens is 502 g/mol. The zero-order valence-corrected chi connectivity index (χ0v) is 19.5. The van der Waals surface area contributed by atoms with Crippen molar-refractivity contribution >= 4 is 59.0 Å². The van der Waals surface area contributed by atoms with E-state index < -0.39 is 0 Å². The van der Waals surface area contributed by atoms with Crippen molar-refractivity contribution in [3.63, 3.8) is 0 Å². The Morgan fingerprint density at radius 1 is 1.26 bits per heavy atom. The first kappa shape index (κ1) is 24.3. The van der Waals surface area contributed by atoms with Crippen molar-refractivity contribution in [2.45, 2.75) is 12.8 Å². The Hall–Kier alpha value is -0.770. The minimum absolute atomic E-state index is 0. The maximum Gasteiger partial charge on any atom is 0.251 e. The first-order chi connectivity index (χ1) is 12.5. The summed E-state index contributed by atoms with van der Waals surface area (Å²) >= 11 is 11.8. The zero-order chi connectivity index (χ0) is 18.9. The number of benzene rings is 1. The number of amides is 1. The highest BCUT2D eigenvalue weighted by Crippen LogP contribution is 2.28. The summed E-state index contributed by atoms with van der Waals surface area (Å²) in [6, 6.07) is 4.81. The second-order valence-electron chi connectivity index (χ2n) is 6.30. The molecule has 0 spiro atoms. The Kier molecular flexibility index (Phi) is 11.4. The molecule has 0 aromatic heterocycles. The highest BCUT2D eigenvalue weighted by atomic mass is 127. The number of halogens is 3. The molecule has 6 nitrogen and oxygen atoms in total. The molecule has 0 saturated heterocycles. The van der Waals surface area contributed by atoms with Crippen LogP contribution in [0, 0.1) is 5.92 Å². The molecule has 0 unspecified atom stereocenters. The summed E-state index contributed by atoms with van der Waals surface area (Å²) in [6.45, 7) is 3.33. The molecule has 27 heavy (non-hydrogen) atoms. The van der Waals surface area contributed by atoms with Crippen LogP contribution in [0.25, 0.3) is 0 Å².